The molecule has 0 spiro atoms. The van der Waals surface area contributed by atoms with Crippen LogP contribution in [0, 0.1) is 0 Å². The predicted molar refractivity (Wildman–Crippen MR) is 146 cm³/mol. The molecule has 1 saturated heterocycles. The van der Waals surface area contributed by atoms with Crippen molar-refractivity contribution in [1.29, 1.82) is 0 Å². The van der Waals surface area contributed by atoms with Crippen LogP contribution in [0.5, 0.6) is 0 Å². The van der Waals surface area contributed by atoms with Crippen LogP contribution in [0.15, 0.2) is 77.8 Å². The highest BCUT2D eigenvalue weighted by Crippen LogP contribution is 2.38. The largest absolute Gasteiger partial charge is 0.379 e. The van der Waals surface area contributed by atoms with Gasteiger partial charge in [-0.1, -0.05) is 42.5 Å². The van der Waals surface area contributed by atoms with Crippen molar-refractivity contribution in [2.24, 2.45) is 4.99 Å². The van der Waals surface area contributed by atoms with Crippen LogP contribution in [0.4, 0.5) is 17.1 Å². The Bertz CT molecular complexity index is 1400. The monoisotopic (exact) mass is 518 g/mol. The number of carbonyl (C=O) groups is 1. The maximum Gasteiger partial charge on any atom is 0.238 e. The number of morpholine rings is 1. The molecule has 2 aliphatic heterocycles. The zero-order valence-electron chi connectivity index (χ0n) is 20.7. The summed E-state index contributed by atoms with van der Waals surface area (Å²) in [4.78, 5) is 20.5. The van der Waals surface area contributed by atoms with Crippen LogP contribution in [-0.2, 0) is 26.1 Å². The van der Waals surface area contributed by atoms with Crippen molar-refractivity contribution in [2.45, 2.75) is 19.4 Å². The molecular formula is C28H30N4O4S. The lowest BCUT2D eigenvalue weighted by Crippen LogP contribution is -2.35. The van der Waals surface area contributed by atoms with Crippen molar-refractivity contribution in [3.8, 4) is 0 Å². The van der Waals surface area contributed by atoms with Crippen molar-refractivity contribution in [1.82, 2.24) is 4.90 Å². The van der Waals surface area contributed by atoms with Crippen LogP contribution >= 0.6 is 0 Å². The summed E-state index contributed by atoms with van der Waals surface area (Å²) in [5.41, 5.74) is 5.13. The SMILES string of the molecule is CCS(=O)(=O)Nc1ccc2c(c1)C(C(=Nc1ccc(CN3CCOCC3)cc1)c1ccccc1)C(=O)N2. The van der Waals surface area contributed by atoms with E-state index in [1.807, 2.05) is 42.5 Å². The Kier molecular flexibility index (Phi) is 7.36. The van der Waals surface area contributed by atoms with Gasteiger partial charge < -0.3 is 10.1 Å². The first-order valence-corrected chi connectivity index (χ1v) is 14.1. The second-order valence-electron chi connectivity index (χ2n) is 9.15. The van der Waals surface area contributed by atoms with Gasteiger partial charge in [0.2, 0.25) is 15.9 Å². The van der Waals surface area contributed by atoms with Crippen LogP contribution in [0.3, 0.4) is 0 Å². The van der Waals surface area contributed by atoms with E-state index in [9.17, 15) is 13.2 Å². The molecule has 0 radical (unpaired) electrons. The summed E-state index contributed by atoms with van der Waals surface area (Å²) in [5.74, 6) is -0.920. The van der Waals surface area contributed by atoms with Gasteiger partial charge in [0.15, 0.2) is 0 Å². The van der Waals surface area contributed by atoms with E-state index in [4.69, 9.17) is 9.73 Å². The fourth-order valence-corrected chi connectivity index (χ4v) is 5.22. The minimum atomic E-state index is -3.45. The molecule has 0 aliphatic carbocycles. The van der Waals surface area contributed by atoms with Gasteiger partial charge in [-0.05, 0) is 53.9 Å². The summed E-state index contributed by atoms with van der Waals surface area (Å²) in [6.45, 7) is 5.80. The van der Waals surface area contributed by atoms with Crippen molar-refractivity contribution in [3.05, 3.63) is 89.5 Å². The molecule has 37 heavy (non-hydrogen) atoms. The first-order valence-electron chi connectivity index (χ1n) is 12.4. The summed E-state index contributed by atoms with van der Waals surface area (Å²) in [6, 6.07) is 22.8. The molecule has 192 valence electrons. The van der Waals surface area contributed by atoms with E-state index < -0.39 is 15.9 Å². The summed E-state index contributed by atoms with van der Waals surface area (Å²) < 4.78 is 32.3. The number of ether oxygens (including phenoxy) is 1. The zero-order chi connectivity index (χ0) is 25.8. The fraction of sp³-hybridized carbons (Fsp3) is 0.286. The second-order valence-corrected chi connectivity index (χ2v) is 11.2. The average molecular weight is 519 g/mol. The quantitative estimate of drug-likeness (QED) is 0.437. The molecule has 1 fully saturated rings. The van der Waals surface area contributed by atoms with Crippen LogP contribution < -0.4 is 10.0 Å². The third-order valence-electron chi connectivity index (χ3n) is 6.57. The Morgan fingerprint density at radius 1 is 1.05 bits per heavy atom. The van der Waals surface area contributed by atoms with Crippen molar-refractivity contribution >= 4 is 38.7 Å². The molecule has 1 unspecified atom stereocenters. The zero-order valence-corrected chi connectivity index (χ0v) is 21.5. The van der Waals surface area contributed by atoms with Crippen molar-refractivity contribution in [2.75, 3.05) is 42.1 Å². The standard InChI is InChI=1S/C28H30N4O4S/c1-2-37(34,35)31-23-12-13-25-24(18-23)26(28(33)30-25)27(21-6-4-3-5-7-21)29-22-10-8-20(9-11-22)19-32-14-16-36-17-15-32/h3-13,18,26,31H,2,14-17,19H2,1H3,(H,30,33). The van der Waals surface area contributed by atoms with E-state index in [2.05, 4.69) is 27.1 Å². The smallest absolute Gasteiger partial charge is 0.238 e. The van der Waals surface area contributed by atoms with Gasteiger partial charge in [0, 0.05) is 31.0 Å². The normalized spacial score (nSPS) is 18.4. The number of hydrogen-bond acceptors (Lipinski definition) is 6. The molecule has 2 heterocycles. The maximum atomic E-state index is 13.2. The lowest BCUT2D eigenvalue weighted by molar-refractivity contribution is -0.115. The Morgan fingerprint density at radius 2 is 1.78 bits per heavy atom. The Morgan fingerprint density at radius 3 is 2.49 bits per heavy atom. The number of benzene rings is 3. The number of nitrogens with zero attached hydrogens (tertiary/aromatic N) is 2. The van der Waals surface area contributed by atoms with Gasteiger partial charge in [-0.3, -0.25) is 19.4 Å². The second kappa shape index (κ2) is 10.8. The number of aliphatic imine (C=N–C) groups is 1. The van der Waals surface area contributed by atoms with E-state index in [0.29, 0.717) is 22.6 Å². The molecule has 1 amide bonds. The van der Waals surface area contributed by atoms with E-state index in [-0.39, 0.29) is 11.7 Å². The molecule has 0 bridgehead atoms. The molecule has 9 heteroatoms. The Balaban J connectivity index is 1.49. The molecule has 0 saturated carbocycles. The number of anilines is 2. The highest BCUT2D eigenvalue weighted by Gasteiger charge is 2.35. The van der Waals surface area contributed by atoms with E-state index in [0.717, 1.165) is 44.1 Å². The minimum absolute atomic E-state index is 0.0387. The van der Waals surface area contributed by atoms with E-state index in [1.165, 1.54) is 5.56 Å². The molecule has 2 aliphatic rings. The summed E-state index contributed by atoms with van der Waals surface area (Å²) in [7, 11) is -3.45. The number of amides is 1. The summed E-state index contributed by atoms with van der Waals surface area (Å²) in [5, 5.41) is 2.93. The van der Waals surface area contributed by atoms with Gasteiger partial charge in [-0.15, -0.1) is 0 Å². The summed E-state index contributed by atoms with van der Waals surface area (Å²) in [6.07, 6.45) is 0. The third-order valence-corrected chi connectivity index (χ3v) is 7.88. The first kappa shape index (κ1) is 25.1. The van der Waals surface area contributed by atoms with Gasteiger partial charge in [0.1, 0.15) is 5.92 Å². The predicted octanol–water partition coefficient (Wildman–Crippen LogP) is 4.14. The molecule has 1 atom stereocenters. The molecule has 3 aromatic carbocycles. The van der Waals surface area contributed by atoms with Crippen LogP contribution in [0.2, 0.25) is 0 Å². The number of rotatable bonds is 8. The van der Waals surface area contributed by atoms with Crippen LogP contribution in [0.1, 0.15) is 29.5 Å². The molecule has 2 N–H and O–H groups in total. The summed E-state index contributed by atoms with van der Waals surface area (Å²) >= 11 is 0. The highest BCUT2D eigenvalue weighted by atomic mass is 32.2. The maximum absolute atomic E-state index is 13.2. The van der Waals surface area contributed by atoms with Gasteiger partial charge in [-0.2, -0.15) is 0 Å². The number of carbonyl (C=O) groups excluding carboxylic acids is 1. The van der Waals surface area contributed by atoms with Gasteiger partial charge in [0.25, 0.3) is 0 Å². The van der Waals surface area contributed by atoms with Gasteiger partial charge in [-0.25, -0.2) is 8.42 Å². The van der Waals surface area contributed by atoms with Crippen molar-refractivity contribution in [3.63, 3.8) is 0 Å². The molecule has 5 rings (SSSR count). The van der Waals surface area contributed by atoms with Crippen LogP contribution in [-0.4, -0.2) is 57.0 Å². The van der Waals surface area contributed by atoms with Crippen molar-refractivity contribution < 1.29 is 17.9 Å². The lowest BCUT2D eigenvalue weighted by Gasteiger charge is -2.26. The fourth-order valence-electron chi connectivity index (χ4n) is 4.59. The topological polar surface area (TPSA) is 100 Å². The molecular weight excluding hydrogens is 488 g/mol. The Labute approximate surface area is 217 Å². The highest BCUT2D eigenvalue weighted by molar-refractivity contribution is 7.92. The molecule has 8 nitrogen and oxygen atoms in total. The third kappa shape index (κ3) is 5.90. The van der Waals surface area contributed by atoms with Gasteiger partial charge >= 0.3 is 0 Å². The van der Waals surface area contributed by atoms with Crippen LogP contribution in [0.25, 0.3) is 0 Å². The van der Waals surface area contributed by atoms with E-state index in [1.54, 1.807) is 25.1 Å². The lowest BCUT2D eigenvalue weighted by atomic mass is 9.90. The number of fused-ring (bicyclic) bond motifs is 1. The number of hydrogen-bond donors (Lipinski definition) is 2. The van der Waals surface area contributed by atoms with E-state index >= 15 is 0 Å². The Hall–Kier alpha value is -3.53. The molecule has 0 aromatic heterocycles. The number of nitrogens with one attached hydrogen (secondary N) is 2. The number of sulfonamides is 1. The molecule has 3 aromatic rings. The minimum Gasteiger partial charge on any atom is -0.379 e. The average Bonchev–Trinajstić information content (AvgIpc) is 3.24. The first-order chi connectivity index (χ1) is 17.9. The van der Waals surface area contributed by atoms with Gasteiger partial charge in [0.05, 0.1) is 30.4 Å².